The van der Waals surface area contributed by atoms with Crippen LogP contribution in [0.5, 0.6) is 0 Å². The number of aromatic nitrogens is 1. The summed E-state index contributed by atoms with van der Waals surface area (Å²) >= 11 is 0. The maximum atomic E-state index is 6.35. The maximum absolute atomic E-state index is 6.35. The molecule has 1 aliphatic rings. The molecule has 4 N–H and O–H groups in total. The molecule has 18 heavy (non-hydrogen) atoms. The summed E-state index contributed by atoms with van der Waals surface area (Å²) in [6.45, 7) is 2.29. The first-order valence-corrected chi connectivity index (χ1v) is 7.14. The van der Waals surface area contributed by atoms with Crippen molar-refractivity contribution in [3.05, 3.63) is 24.0 Å². The van der Waals surface area contributed by atoms with Crippen LogP contribution in [0.1, 0.15) is 44.6 Å². The Morgan fingerprint density at radius 1 is 1.33 bits per heavy atom. The lowest BCUT2D eigenvalue weighted by molar-refractivity contribution is 0.238. The summed E-state index contributed by atoms with van der Waals surface area (Å²) in [5.74, 6) is 1.59. The third-order valence-corrected chi connectivity index (χ3v) is 4.47. The molecule has 0 bridgehead atoms. The largest absolute Gasteiger partial charge is 0.398 e. The Bertz CT molecular complexity index is 370. The van der Waals surface area contributed by atoms with Gasteiger partial charge in [-0.25, -0.2) is 0 Å². The molecule has 0 spiro atoms. The highest BCUT2D eigenvalue weighted by Crippen LogP contribution is 2.32. The van der Waals surface area contributed by atoms with Crippen molar-refractivity contribution in [1.82, 2.24) is 4.98 Å². The normalized spacial score (nSPS) is 25.9. The van der Waals surface area contributed by atoms with Crippen molar-refractivity contribution in [2.75, 3.05) is 5.73 Å². The smallest absolute Gasteiger partial charge is 0.0378 e. The van der Waals surface area contributed by atoms with E-state index < -0.39 is 0 Å². The number of hydrogen-bond acceptors (Lipinski definition) is 3. The fraction of sp³-hybridized carbons (Fsp3) is 0.667. The van der Waals surface area contributed by atoms with Crippen molar-refractivity contribution in [2.45, 2.75) is 51.5 Å². The van der Waals surface area contributed by atoms with Gasteiger partial charge >= 0.3 is 0 Å². The van der Waals surface area contributed by atoms with Crippen molar-refractivity contribution >= 4 is 5.69 Å². The first-order valence-electron chi connectivity index (χ1n) is 7.14. The van der Waals surface area contributed by atoms with E-state index in [2.05, 4.69) is 11.9 Å². The van der Waals surface area contributed by atoms with E-state index in [9.17, 15) is 0 Å². The number of nitrogens with zero attached hydrogens (tertiary/aromatic N) is 1. The number of nitrogen functional groups attached to an aromatic ring is 1. The van der Waals surface area contributed by atoms with Crippen LogP contribution in [0.25, 0.3) is 0 Å². The summed E-state index contributed by atoms with van der Waals surface area (Å²) in [6, 6.07) is 2.09. The van der Waals surface area contributed by atoms with Crippen LogP contribution in [-0.2, 0) is 6.42 Å². The van der Waals surface area contributed by atoms with E-state index >= 15 is 0 Å². The van der Waals surface area contributed by atoms with Crippen LogP contribution in [0.3, 0.4) is 0 Å². The molecule has 0 saturated heterocycles. The lowest BCUT2D eigenvalue weighted by atomic mass is 9.76. The number of nitrogens with two attached hydrogens (primary N) is 2. The van der Waals surface area contributed by atoms with Gasteiger partial charge in [0.05, 0.1) is 0 Å². The first-order chi connectivity index (χ1) is 8.70. The van der Waals surface area contributed by atoms with Gasteiger partial charge in [-0.3, -0.25) is 4.98 Å². The molecular weight excluding hydrogens is 222 g/mol. The lowest BCUT2D eigenvalue weighted by Gasteiger charge is -2.31. The van der Waals surface area contributed by atoms with Crippen LogP contribution < -0.4 is 11.5 Å². The number of rotatable bonds is 4. The molecule has 1 aromatic heterocycles. The van der Waals surface area contributed by atoms with Gasteiger partial charge < -0.3 is 11.5 Å². The third kappa shape index (κ3) is 3.22. The van der Waals surface area contributed by atoms with E-state index in [0.717, 1.165) is 23.6 Å². The van der Waals surface area contributed by atoms with Crippen LogP contribution in [0.4, 0.5) is 5.69 Å². The summed E-state index contributed by atoms with van der Waals surface area (Å²) < 4.78 is 0. The SMILES string of the molecule is CCC1CCC(C(N)Cc2cnccc2N)CC1. The standard InChI is InChI=1S/C15H25N3/c1-2-11-3-5-12(6-4-11)15(17)9-13-10-18-8-7-14(13)16/h7-8,10-12,15H,2-6,9,17H2,1H3,(H2,16,18). The molecule has 0 amide bonds. The minimum atomic E-state index is 0.231. The van der Waals surface area contributed by atoms with E-state index in [4.69, 9.17) is 11.5 Å². The van der Waals surface area contributed by atoms with Crippen molar-refractivity contribution in [3.63, 3.8) is 0 Å². The van der Waals surface area contributed by atoms with Gasteiger partial charge in [0.25, 0.3) is 0 Å². The molecule has 100 valence electrons. The molecule has 3 heteroatoms. The summed E-state index contributed by atoms with van der Waals surface area (Å²) in [5.41, 5.74) is 14.2. The van der Waals surface area contributed by atoms with E-state index in [1.54, 1.807) is 6.20 Å². The molecule has 1 aromatic rings. The van der Waals surface area contributed by atoms with Crippen LogP contribution in [-0.4, -0.2) is 11.0 Å². The molecule has 1 atom stereocenters. The average Bonchev–Trinajstić information content (AvgIpc) is 2.41. The van der Waals surface area contributed by atoms with Crippen molar-refractivity contribution < 1.29 is 0 Å². The quantitative estimate of drug-likeness (QED) is 0.860. The molecule has 1 saturated carbocycles. The predicted molar refractivity (Wildman–Crippen MR) is 76.1 cm³/mol. The molecule has 1 heterocycles. The second-order valence-corrected chi connectivity index (χ2v) is 5.63. The van der Waals surface area contributed by atoms with E-state index in [0.29, 0.717) is 5.92 Å². The second kappa shape index (κ2) is 6.19. The lowest BCUT2D eigenvalue weighted by Crippen LogP contribution is -2.35. The molecular formula is C15H25N3. The Balaban J connectivity index is 1.89. The monoisotopic (exact) mass is 247 g/mol. The molecule has 1 unspecified atom stereocenters. The summed E-state index contributed by atoms with van der Waals surface area (Å²) in [6.07, 6.45) is 11.0. The molecule has 0 aliphatic heterocycles. The van der Waals surface area contributed by atoms with Crippen molar-refractivity contribution in [3.8, 4) is 0 Å². The molecule has 2 rings (SSSR count). The van der Waals surface area contributed by atoms with Crippen molar-refractivity contribution in [2.24, 2.45) is 17.6 Å². The highest BCUT2D eigenvalue weighted by Gasteiger charge is 2.25. The summed E-state index contributed by atoms with van der Waals surface area (Å²) in [4.78, 5) is 4.13. The fourth-order valence-corrected chi connectivity index (χ4v) is 3.05. The van der Waals surface area contributed by atoms with E-state index in [1.165, 1.54) is 32.1 Å². The fourth-order valence-electron chi connectivity index (χ4n) is 3.05. The Hall–Kier alpha value is -1.09. The number of pyridine rings is 1. The maximum Gasteiger partial charge on any atom is 0.0378 e. The molecule has 1 aliphatic carbocycles. The topological polar surface area (TPSA) is 64.9 Å². The van der Waals surface area contributed by atoms with Crippen LogP contribution >= 0.6 is 0 Å². The Morgan fingerprint density at radius 2 is 2.06 bits per heavy atom. The minimum absolute atomic E-state index is 0.231. The van der Waals surface area contributed by atoms with Gasteiger partial charge in [-0.2, -0.15) is 0 Å². The van der Waals surface area contributed by atoms with Gasteiger partial charge in [0.2, 0.25) is 0 Å². The van der Waals surface area contributed by atoms with Crippen LogP contribution in [0.2, 0.25) is 0 Å². The van der Waals surface area contributed by atoms with Gasteiger partial charge in [-0.05, 0) is 42.7 Å². The number of hydrogen-bond donors (Lipinski definition) is 2. The second-order valence-electron chi connectivity index (χ2n) is 5.63. The molecule has 0 aromatic carbocycles. The first kappa shape index (κ1) is 13.3. The minimum Gasteiger partial charge on any atom is -0.398 e. The molecule has 1 fully saturated rings. The summed E-state index contributed by atoms with van der Waals surface area (Å²) in [7, 11) is 0. The van der Waals surface area contributed by atoms with Gasteiger partial charge in [0.15, 0.2) is 0 Å². The van der Waals surface area contributed by atoms with Crippen LogP contribution in [0, 0.1) is 11.8 Å². The zero-order valence-electron chi connectivity index (χ0n) is 11.3. The Morgan fingerprint density at radius 3 is 2.67 bits per heavy atom. The molecule has 0 radical (unpaired) electrons. The van der Waals surface area contributed by atoms with Crippen molar-refractivity contribution in [1.29, 1.82) is 0 Å². The van der Waals surface area contributed by atoms with E-state index in [-0.39, 0.29) is 6.04 Å². The van der Waals surface area contributed by atoms with Gasteiger partial charge in [-0.15, -0.1) is 0 Å². The number of anilines is 1. The van der Waals surface area contributed by atoms with Gasteiger partial charge in [0.1, 0.15) is 0 Å². The zero-order valence-corrected chi connectivity index (χ0v) is 11.3. The summed E-state index contributed by atoms with van der Waals surface area (Å²) in [5, 5.41) is 0. The third-order valence-electron chi connectivity index (χ3n) is 4.47. The van der Waals surface area contributed by atoms with E-state index in [1.807, 2.05) is 12.3 Å². The predicted octanol–water partition coefficient (Wildman–Crippen LogP) is 2.75. The average molecular weight is 247 g/mol. The van der Waals surface area contributed by atoms with Gasteiger partial charge in [0, 0.05) is 24.1 Å². The molecule has 3 nitrogen and oxygen atoms in total. The highest BCUT2D eigenvalue weighted by molar-refractivity contribution is 5.44. The highest BCUT2D eigenvalue weighted by atomic mass is 14.7. The van der Waals surface area contributed by atoms with Crippen LogP contribution in [0.15, 0.2) is 18.5 Å². The zero-order chi connectivity index (χ0) is 13.0. The Labute approximate surface area is 110 Å². The Kier molecular flexibility index (Phi) is 4.59. The van der Waals surface area contributed by atoms with Gasteiger partial charge in [-0.1, -0.05) is 26.2 Å².